The first-order valence-electron chi connectivity index (χ1n) is 11.2. The molecule has 32 heavy (non-hydrogen) atoms. The summed E-state index contributed by atoms with van der Waals surface area (Å²) in [6.45, 7) is 2.52. The third-order valence-corrected chi connectivity index (χ3v) is 6.46. The molecule has 5 rings (SSSR count). The van der Waals surface area contributed by atoms with Gasteiger partial charge in [-0.15, -0.1) is 0 Å². The second-order valence-electron chi connectivity index (χ2n) is 8.60. The van der Waals surface area contributed by atoms with Gasteiger partial charge in [0.2, 0.25) is 0 Å². The average Bonchev–Trinajstić information content (AvgIpc) is 3.13. The van der Waals surface area contributed by atoms with Crippen molar-refractivity contribution in [3.63, 3.8) is 0 Å². The summed E-state index contributed by atoms with van der Waals surface area (Å²) in [5.74, 6) is 1.19. The molecule has 1 saturated carbocycles. The molecule has 4 aromatic rings. The molecule has 0 radical (unpaired) electrons. The minimum Gasteiger partial charge on any atom is -0.489 e. The van der Waals surface area contributed by atoms with Crippen LogP contribution in [0, 0.1) is 6.92 Å². The zero-order chi connectivity index (χ0) is 22.1. The summed E-state index contributed by atoms with van der Waals surface area (Å²) in [5.41, 5.74) is 10.0. The molecule has 164 valence electrons. The van der Waals surface area contributed by atoms with E-state index in [-0.39, 0.29) is 0 Å². The van der Waals surface area contributed by atoms with Crippen LogP contribution in [-0.2, 0) is 12.3 Å². The van der Waals surface area contributed by atoms with Gasteiger partial charge in [0.05, 0.1) is 5.39 Å². The number of hydrogen-bond acceptors (Lipinski definition) is 5. The minimum absolute atomic E-state index is 0.418. The summed E-state index contributed by atoms with van der Waals surface area (Å²) in [7, 11) is 0. The lowest BCUT2D eigenvalue weighted by Crippen LogP contribution is -2.36. The number of ether oxygens (including phenoxy) is 1. The van der Waals surface area contributed by atoms with Crippen LogP contribution in [0.15, 0.2) is 60.9 Å². The van der Waals surface area contributed by atoms with Crippen molar-refractivity contribution < 1.29 is 9.84 Å². The lowest BCUT2D eigenvalue weighted by atomic mass is 9.91. The summed E-state index contributed by atoms with van der Waals surface area (Å²) in [5, 5.41) is 12.4. The van der Waals surface area contributed by atoms with Gasteiger partial charge in [-0.2, -0.15) is 0 Å². The molecule has 0 saturated heterocycles. The maximum absolute atomic E-state index is 11.6. The Morgan fingerprint density at radius 2 is 1.81 bits per heavy atom. The number of aromatic nitrogens is 3. The predicted octanol–water partition coefficient (Wildman–Crippen LogP) is 5.18. The highest BCUT2D eigenvalue weighted by Crippen LogP contribution is 2.43. The van der Waals surface area contributed by atoms with Gasteiger partial charge >= 0.3 is 0 Å². The fourth-order valence-electron chi connectivity index (χ4n) is 4.94. The van der Waals surface area contributed by atoms with Gasteiger partial charge in [0.1, 0.15) is 35.9 Å². The second kappa shape index (κ2) is 8.28. The molecule has 2 heterocycles. The van der Waals surface area contributed by atoms with E-state index in [4.69, 9.17) is 10.5 Å². The summed E-state index contributed by atoms with van der Waals surface area (Å²) in [6.07, 6.45) is 6.03. The minimum atomic E-state index is -0.957. The molecule has 0 amide bonds. The van der Waals surface area contributed by atoms with E-state index >= 15 is 0 Å². The maximum Gasteiger partial charge on any atom is 0.148 e. The molecule has 2 aromatic carbocycles. The van der Waals surface area contributed by atoms with E-state index in [1.54, 1.807) is 0 Å². The van der Waals surface area contributed by atoms with Crippen molar-refractivity contribution in [2.24, 2.45) is 0 Å². The van der Waals surface area contributed by atoms with Gasteiger partial charge in [0, 0.05) is 11.3 Å². The molecular weight excluding hydrogens is 400 g/mol. The van der Waals surface area contributed by atoms with Gasteiger partial charge in [-0.3, -0.25) is 0 Å². The summed E-state index contributed by atoms with van der Waals surface area (Å²) in [4.78, 5) is 8.80. The third kappa shape index (κ3) is 3.60. The number of hydrogen-bond donors (Lipinski definition) is 2. The van der Waals surface area contributed by atoms with Crippen LogP contribution >= 0.6 is 0 Å². The van der Waals surface area contributed by atoms with E-state index in [1.165, 1.54) is 6.33 Å². The summed E-state index contributed by atoms with van der Waals surface area (Å²) < 4.78 is 8.04. The van der Waals surface area contributed by atoms with Crippen LogP contribution in [0.1, 0.15) is 43.4 Å². The molecule has 3 N–H and O–H groups in total. The van der Waals surface area contributed by atoms with Crippen molar-refractivity contribution in [1.29, 1.82) is 0 Å². The van der Waals surface area contributed by atoms with E-state index in [1.807, 2.05) is 66.1 Å². The van der Waals surface area contributed by atoms with E-state index in [2.05, 4.69) is 9.97 Å². The van der Waals surface area contributed by atoms with Gasteiger partial charge in [-0.1, -0.05) is 48.9 Å². The van der Waals surface area contributed by atoms with Crippen LogP contribution in [0.3, 0.4) is 0 Å². The number of anilines is 1. The number of aliphatic hydroxyl groups is 1. The molecule has 6 heteroatoms. The maximum atomic E-state index is 11.6. The van der Waals surface area contributed by atoms with Crippen molar-refractivity contribution in [2.75, 3.05) is 5.73 Å². The van der Waals surface area contributed by atoms with Crippen molar-refractivity contribution in [1.82, 2.24) is 14.5 Å². The topological polar surface area (TPSA) is 86.2 Å². The van der Waals surface area contributed by atoms with E-state index < -0.39 is 5.72 Å². The van der Waals surface area contributed by atoms with Gasteiger partial charge in [-0.25, -0.2) is 9.97 Å². The first-order chi connectivity index (χ1) is 15.6. The molecular formula is C26H28N4O2. The average molecular weight is 429 g/mol. The Kier molecular flexibility index (Phi) is 5.31. The Balaban J connectivity index is 1.59. The van der Waals surface area contributed by atoms with Crippen molar-refractivity contribution in [2.45, 2.75) is 51.4 Å². The Labute approximate surface area is 187 Å². The molecule has 0 atom stereocenters. The Hall–Kier alpha value is -3.38. The fourth-order valence-corrected chi connectivity index (χ4v) is 4.94. The molecule has 0 spiro atoms. The molecule has 0 unspecified atom stereocenters. The van der Waals surface area contributed by atoms with E-state index in [0.717, 1.165) is 52.8 Å². The lowest BCUT2D eigenvalue weighted by Gasteiger charge is -2.35. The largest absolute Gasteiger partial charge is 0.489 e. The van der Waals surface area contributed by atoms with Crippen molar-refractivity contribution >= 4 is 16.9 Å². The van der Waals surface area contributed by atoms with Crippen LogP contribution in [0.25, 0.3) is 22.2 Å². The molecule has 0 bridgehead atoms. The van der Waals surface area contributed by atoms with Gasteiger partial charge < -0.3 is 20.1 Å². The van der Waals surface area contributed by atoms with Gasteiger partial charge in [-0.05, 0) is 55.9 Å². The van der Waals surface area contributed by atoms with Gasteiger partial charge in [0.15, 0.2) is 0 Å². The Morgan fingerprint density at radius 3 is 2.59 bits per heavy atom. The zero-order valence-electron chi connectivity index (χ0n) is 18.3. The summed E-state index contributed by atoms with van der Waals surface area (Å²) in [6, 6.07) is 18.1. The number of rotatable bonds is 5. The molecule has 0 aliphatic heterocycles. The van der Waals surface area contributed by atoms with Crippen LogP contribution in [0.4, 0.5) is 5.82 Å². The normalized spacial score (nSPS) is 15.7. The highest BCUT2D eigenvalue weighted by atomic mass is 16.5. The highest BCUT2D eigenvalue weighted by molar-refractivity contribution is 6.02. The van der Waals surface area contributed by atoms with Crippen LogP contribution < -0.4 is 10.5 Å². The summed E-state index contributed by atoms with van der Waals surface area (Å²) >= 11 is 0. The predicted molar refractivity (Wildman–Crippen MR) is 126 cm³/mol. The Bertz CT molecular complexity index is 1240. The smallest absolute Gasteiger partial charge is 0.148 e. The number of nitrogens with zero attached hydrogens (tertiary/aromatic N) is 3. The van der Waals surface area contributed by atoms with Crippen LogP contribution in [0.5, 0.6) is 5.75 Å². The highest BCUT2D eigenvalue weighted by Gasteiger charge is 2.36. The molecule has 1 aliphatic rings. The van der Waals surface area contributed by atoms with Crippen molar-refractivity contribution in [3.8, 4) is 16.9 Å². The van der Waals surface area contributed by atoms with E-state index in [0.29, 0.717) is 30.9 Å². The number of nitrogens with two attached hydrogens (primary N) is 1. The van der Waals surface area contributed by atoms with E-state index in [9.17, 15) is 5.11 Å². The molecule has 6 nitrogen and oxygen atoms in total. The first kappa shape index (κ1) is 20.5. The molecule has 1 fully saturated rings. The lowest BCUT2D eigenvalue weighted by molar-refractivity contribution is -0.0673. The number of fused-ring (bicyclic) bond motifs is 1. The van der Waals surface area contributed by atoms with Crippen LogP contribution in [-0.4, -0.2) is 19.6 Å². The molecule has 2 aromatic heterocycles. The van der Waals surface area contributed by atoms with Crippen molar-refractivity contribution in [3.05, 3.63) is 72.2 Å². The van der Waals surface area contributed by atoms with Crippen LogP contribution in [0.2, 0.25) is 0 Å². The quantitative estimate of drug-likeness (QED) is 0.458. The second-order valence-corrected chi connectivity index (χ2v) is 8.60. The number of nitrogen functional groups attached to an aromatic ring is 1. The fraction of sp³-hybridized carbons (Fsp3) is 0.308. The monoisotopic (exact) mass is 428 g/mol. The molecule has 1 aliphatic carbocycles. The number of benzene rings is 2. The standard InChI is InChI=1S/C26H28N4O2/c1-18-22(20-11-8-12-21(15-20)32-16-19-9-4-2-5-10-19)23-24(27)28-17-29-25(23)30(18)26(31)13-6-3-7-14-26/h2,4-5,8-12,15,17,31H,3,6-7,13-14,16H2,1H3,(H2,27,28,29). The zero-order valence-corrected chi connectivity index (χ0v) is 18.3. The first-order valence-corrected chi connectivity index (χ1v) is 11.2. The van der Waals surface area contributed by atoms with Gasteiger partial charge in [0.25, 0.3) is 0 Å². The Morgan fingerprint density at radius 1 is 1.03 bits per heavy atom. The SMILES string of the molecule is Cc1c(-c2cccc(OCc3ccccc3)c2)c2c(N)ncnc2n1C1(O)CCCCC1. The third-order valence-electron chi connectivity index (χ3n) is 6.46.